The van der Waals surface area contributed by atoms with Crippen molar-refractivity contribution < 1.29 is 4.42 Å². The number of furan rings is 1. The highest BCUT2D eigenvalue weighted by Crippen LogP contribution is 2.28. The molecule has 0 amide bonds. The summed E-state index contributed by atoms with van der Waals surface area (Å²) < 4.78 is 5.73. The van der Waals surface area contributed by atoms with E-state index in [1.54, 1.807) is 0 Å². The zero-order valence-corrected chi connectivity index (χ0v) is 12.3. The van der Waals surface area contributed by atoms with E-state index in [0.29, 0.717) is 6.54 Å². The van der Waals surface area contributed by atoms with Crippen LogP contribution in [-0.4, -0.2) is 6.54 Å². The molecule has 0 fully saturated rings. The Hall–Kier alpha value is -2.26. The third kappa shape index (κ3) is 2.78. The molecule has 0 saturated heterocycles. The second kappa shape index (κ2) is 6.02. The van der Waals surface area contributed by atoms with Crippen molar-refractivity contribution in [3.63, 3.8) is 0 Å². The molecule has 1 heterocycles. The Balaban J connectivity index is 1.94. The Labute approximate surface area is 125 Å². The molecule has 108 valence electrons. The number of hydrogen-bond donors (Lipinski definition) is 1. The summed E-state index contributed by atoms with van der Waals surface area (Å²) in [5, 5.41) is 2.53. The van der Waals surface area contributed by atoms with E-state index >= 15 is 0 Å². The fourth-order valence-electron chi connectivity index (χ4n) is 2.66. The molecular weight excluding hydrogens is 260 g/mol. The molecule has 3 rings (SSSR count). The molecule has 0 atom stereocenters. The first-order valence-corrected chi connectivity index (χ1v) is 7.32. The number of nitrogens with two attached hydrogens (primary N) is 1. The van der Waals surface area contributed by atoms with E-state index in [4.69, 9.17) is 10.2 Å². The normalized spacial score (nSPS) is 11.0. The average Bonchev–Trinajstić information content (AvgIpc) is 3.00. The van der Waals surface area contributed by atoms with Crippen LogP contribution < -0.4 is 10.6 Å². The van der Waals surface area contributed by atoms with Crippen LogP contribution in [0.4, 0.5) is 5.69 Å². The zero-order valence-electron chi connectivity index (χ0n) is 12.3. The SMILES string of the molecule is CCN(Cc1ccc(CN)o1)c1cccc2ccccc12. The molecule has 0 saturated carbocycles. The van der Waals surface area contributed by atoms with Gasteiger partial charge in [0.1, 0.15) is 11.5 Å². The van der Waals surface area contributed by atoms with Crippen molar-refractivity contribution in [1.29, 1.82) is 0 Å². The van der Waals surface area contributed by atoms with Crippen LogP contribution in [0.25, 0.3) is 10.8 Å². The van der Waals surface area contributed by atoms with Crippen LogP contribution in [0.15, 0.2) is 59.0 Å². The first kappa shape index (κ1) is 13.7. The summed E-state index contributed by atoms with van der Waals surface area (Å²) in [5.41, 5.74) is 6.84. The van der Waals surface area contributed by atoms with Crippen molar-refractivity contribution in [3.8, 4) is 0 Å². The van der Waals surface area contributed by atoms with Gasteiger partial charge in [0.2, 0.25) is 0 Å². The molecule has 21 heavy (non-hydrogen) atoms. The number of benzene rings is 2. The minimum Gasteiger partial charge on any atom is -0.463 e. The molecule has 3 nitrogen and oxygen atoms in total. The number of nitrogens with zero attached hydrogens (tertiary/aromatic N) is 1. The molecule has 0 unspecified atom stereocenters. The van der Waals surface area contributed by atoms with E-state index in [2.05, 4.69) is 54.3 Å². The maximum absolute atomic E-state index is 5.73. The second-order valence-electron chi connectivity index (χ2n) is 5.08. The lowest BCUT2D eigenvalue weighted by molar-refractivity contribution is 0.463. The first-order chi connectivity index (χ1) is 10.3. The lowest BCUT2D eigenvalue weighted by Crippen LogP contribution is -2.21. The van der Waals surface area contributed by atoms with Crippen LogP contribution in [0.3, 0.4) is 0 Å². The Bertz CT molecular complexity index is 727. The van der Waals surface area contributed by atoms with Crippen molar-refractivity contribution in [2.24, 2.45) is 5.73 Å². The van der Waals surface area contributed by atoms with Gasteiger partial charge in [0.05, 0.1) is 13.1 Å². The molecule has 3 aromatic rings. The minimum atomic E-state index is 0.445. The van der Waals surface area contributed by atoms with E-state index in [1.165, 1.54) is 16.5 Å². The van der Waals surface area contributed by atoms with Gasteiger partial charge in [0.15, 0.2) is 0 Å². The smallest absolute Gasteiger partial charge is 0.123 e. The van der Waals surface area contributed by atoms with E-state index in [0.717, 1.165) is 24.6 Å². The fraction of sp³-hybridized carbons (Fsp3) is 0.222. The first-order valence-electron chi connectivity index (χ1n) is 7.32. The van der Waals surface area contributed by atoms with Crippen LogP contribution >= 0.6 is 0 Å². The Morgan fingerprint density at radius 3 is 2.48 bits per heavy atom. The summed E-state index contributed by atoms with van der Waals surface area (Å²) in [4.78, 5) is 2.32. The van der Waals surface area contributed by atoms with Gasteiger partial charge in [0.25, 0.3) is 0 Å². The predicted molar refractivity (Wildman–Crippen MR) is 87.3 cm³/mol. The molecule has 0 aliphatic rings. The van der Waals surface area contributed by atoms with Crippen molar-refractivity contribution in [1.82, 2.24) is 0 Å². The van der Waals surface area contributed by atoms with Gasteiger partial charge in [-0.1, -0.05) is 36.4 Å². The summed E-state index contributed by atoms with van der Waals surface area (Å²) in [6.07, 6.45) is 0. The highest BCUT2D eigenvalue weighted by atomic mass is 16.3. The van der Waals surface area contributed by atoms with Gasteiger partial charge >= 0.3 is 0 Å². The van der Waals surface area contributed by atoms with Gasteiger partial charge in [-0.05, 0) is 30.5 Å². The number of anilines is 1. The van der Waals surface area contributed by atoms with Crippen molar-refractivity contribution in [3.05, 3.63) is 66.1 Å². The average molecular weight is 280 g/mol. The van der Waals surface area contributed by atoms with Gasteiger partial charge in [-0.15, -0.1) is 0 Å². The molecule has 3 heteroatoms. The van der Waals surface area contributed by atoms with Gasteiger partial charge < -0.3 is 15.1 Å². The molecule has 1 aromatic heterocycles. The monoisotopic (exact) mass is 280 g/mol. The van der Waals surface area contributed by atoms with Gasteiger partial charge in [0, 0.05) is 17.6 Å². The Morgan fingerprint density at radius 2 is 1.71 bits per heavy atom. The number of rotatable bonds is 5. The van der Waals surface area contributed by atoms with Crippen LogP contribution in [0.5, 0.6) is 0 Å². The summed E-state index contributed by atoms with van der Waals surface area (Å²) in [6, 6.07) is 18.8. The molecule has 0 spiro atoms. The number of fused-ring (bicyclic) bond motifs is 1. The van der Waals surface area contributed by atoms with Crippen LogP contribution in [-0.2, 0) is 13.1 Å². The second-order valence-corrected chi connectivity index (χ2v) is 5.08. The zero-order chi connectivity index (χ0) is 14.7. The van der Waals surface area contributed by atoms with Crippen LogP contribution in [0, 0.1) is 0 Å². The molecule has 0 radical (unpaired) electrons. The molecule has 2 aromatic carbocycles. The summed E-state index contributed by atoms with van der Waals surface area (Å²) in [7, 11) is 0. The maximum atomic E-state index is 5.73. The van der Waals surface area contributed by atoms with E-state index in [-0.39, 0.29) is 0 Å². The predicted octanol–water partition coefficient (Wildman–Crippen LogP) is 3.92. The lowest BCUT2D eigenvalue weighted by atomic mass is 10.1. The molecule has 0 aliphatic carbocycles. The standard InChI is InChI=1S/C18H20N2O/c1-2-20(13-16-11-10-15(12-19)21-16)18-9-5-7-14-6-3-4-8-17(14)18/h3-11H,2,12-13,19H2,1H3. The van der Waals surface area contributed by atoms with E-state index < -0.39 is 0 Å². The lowest BCUT2D eigenvalue weighted by Gasteiger charge is -2.23. The summed E-state index contributed by atoms with van der Waals surface area (Å²) >= 11 is 0. The van der Waals surface area contributed by atoms with Crippen molar-refractivity contribution >= 4 is 16.5 Å². The third-order valence-corrected chi connectivity index (χ3v) is 3.75. The highest BCUT2D eigenvalue weighted by molar-refractivity contribution is 5.94. The van der Waals surface area contributed by atoms with Crippen LogP contribution in [0.2, 0.25) is 0 Å². The largest absolute Gasteiger partial charge is 0.463 e. The van der Waals surface area contributed by atoms with Gasteiger partial charge in [-0.25, -0.2) is 0 Å². The highest BCUT2D eigenvalue weighted by Gasteiger charge is 2.11. The minimum absolute atomic E-state index is 0.445. The molecule has 0 aliphatic heterocycles. The molecule has 2 N–H and O–H groups in total. The molecule has 0 bridgehead atoms. The van der Waals surface area contributed by atoms with E-state index in [1.807, 2.05) is 12.1 Å². The Morgan fingerprint density at radius 1 is 0.952 bits per heavy atom. The third-order valence-electron chi connectivity index (χ3n) is 3.75. The van der Waals surface area contributed by atoms with E-state index in [9.17, 15) is 0 Å². The number of hydrogen-bond acceptors (Lipinski definition) is 3. The fourth-order valence-corrected chi connectivity index (χ4v) is 2.66. The van der Waals surface area contributed by atoms with Crippen molar-refractivity contribution in [2.45, 2.75) is 20.0 Å². The van der Waals surface area contributed by atoms with Gasteiger partial charge in [-0.3, -0.25) is 0 Å². The Kier molecular flexibility index (Phi) is 3.93. The van der Waals surface area contributed by atoms with Gasteiger partial charge in [-0.2, -0.15) is 0 Å². The molecular formula is C18H20N2O. The van der Waals surface area contributed by atoms with Crippen LogP contribution in [0.1, 0.15) is 18.4 Å². The summed E-state index contributed by atoms with van der Waals surface area (Å²) in [5.74, 6) is 1.78. The topological polar surface area (TPSA) is 42.4 Å². The maximum Gasteiger partial charge on any atom is 0.123 e. The summed E-state index contributed by atoms with van der Waals surface area (Å²) in [6.45, 7) is 4.28. The van der Waals surface area contributed by atoms with Crippen molar-refractivity contribution in [2.75, 3.05) is 11.4 Å². The quantitative estimate of drug-likeness (QED) is 0.770.